The van der Waals surface area contributed by atoms with Gasteiger partial charge in [-0.2, -0.15) is 0 Å². The fourth-order valence-electron chi connectivity index (χ4n) is 2.99. The van der Waals surface area contributed by atoms with Gasteiger partial charge in [0.1, 0.15) is 11.0 Å². The minimum atomic E-state index is -3.37. The summed E-state index contributed by atoms with van der Waals surface area (Å²) in [7, 11) is -3.37. The van der Waals surface area contributed by atoms with E-state index in [-0.39, 0.29) is 33.3 Å². The van der Waals surface area contributed by atoms with E-state index < -0.39 is 21.7 Å². The average molecular weight is 466 g/mol. The number of anilines is 1. The van der Waals surface area contributed by atoms with Crippen molar-refractivity contribution in [2.24, 2.45) is 5.16 Å². The smallest absolute Gasteiger partial charge is 0.350 e. The van der Waals surface area contributed by atoms with Crippen LogP contribution in [0.15, 0.2) is 40.5 Å². The highest BCUT2D eigenvalue weighted by Gasteiger charge is 2.22. The lowest BCUT2D eigenvalue weighted by molar-refractivity contribution is -0.110. The molecular formula is C20H23N3O6S2. The highest BCUT2D eigenvalue weighted by molar-refractivity contribution is 7.90. The number of rotatable bonds is 8. The first kappa shape index (κ1) is 22.9. The number of hydrogen-bond donors (Lipinski definition) is 1. The molecule has 0 radical (unpaired) electrons. The third kappa shape index (κ3) is 6.11. The van der Waals surface area contributed by atoms with Gasteiger partial charge >= 0.3 is 5.97 Å². The molecule has 0 saturated heterocycles. The summed E-state index contributed by atoms with van der Waals surface area (Å²) in [4.78, 5) is 34.7. The Kier molecular flexibility index (Phi) is 7.39. The maximum atomic E-state index is 12.9. The van der Waals surface area contributed by atoms with E-state index >= 15 is 0 Å². The number of esters is 1. The van der Waals surface area contributed by atoms with Crippen LogP contribution in [-0.4, -0.2) is 50.0 Å². The Hall–Kier alpha value is -2.79. The number of amides is 1. The van der Waals surface area contributed by atoms with E-state index in [0.717, 1.165) is 43.3 Å². The topological polar surface area (TPSA) is 124 Å². The zero-order valence-corrected chi connectivity index (χ0v) is 18.8. The van der Waals surface area contributed by atoms with Crippen LogP contribution in [0.5, 0.6) is 0 Å². The van der Waals surface area contributed by atoms with Crippen molar-refractivity contribution in [3.8, 4) is 0 Å². The summed E-state index contributed by atoms with van der Waals surface area (Å²) in [6, 6.07) is 5.81. The third-order valence-electron chi connectivity index (χ3n) is 4.57. The Bertz CT molecular complexity index is 1070. The maximum Gasteiger partial charge on any atom is 0.350 e. The Morgan fingerprint density at radius 1 is 1.23 bits per heavy atom. The maximum absolute atomic E-state index is 12.9. The van der Waals surface area contributed by atoms with Gasteiger partial charge in [-0.3, -0.25) is 10.1 Å². The second-order valence-corrected chi connectivity index (χ2v) is 10.00. The molecule has 0 bridgehead atoms. The number of benzene rings is 1. The van der Waals surface area contributed by atoms with Crippen LogP contribution < -0.4 is 5.32 Å². The molecule has 11 heteroatoms. The zero-order chi connectivity index (χ0) is 22.4. The van der Waals surface area contributed by atoms with Gasteiger partial charge in [-0.25, -0.2) is 18.2 Å². The van der Waals surface area contributed by atoms with Crippen LogP contribution in [0.2, 0.25) is 0 Å². The van der Waals surface area contributed by atoms with Crippen molar-refractivity contribution in [1.82, 2.24) is 4.98 Å². The third-order valence-corrected chi connectivity index (χ3v) is 6.59. The molecular weight excluding hydrogens is 442 g/mol. The van der Waals surface area contributed by atoms with Crippen LogP contribution in [0.1, 0.15) is 47.8 Å². The van der Waals surface area contributed by atoms with Crippen molar-refractivity contribution in [2.75, 3.05) is 18.2 Å². The van der Waals surface area contributed by atoms with Gasteiger partial charge in [0.25, 0.3) is 5.91 Å². The zero-order valence-electron chi connectivity index (χ0n) is 17.2. The summed E-state index contributed by atoms with van der Waals surface area (Å²) in [5, 5.41) is 6.89. The summed E-state index contributed by atoms with van der Waals surface area (Å²) >= 11 is 0.978. The molecule has 1 aromatic heterocycles. The van der Waals surface area contributed by atoms with Gasteiger partial charge in [-0.05, 0) is 44.7 Å². The van der Waals surface area contributed by atoms with E-state index in [2.05, 4.69) is 15.5 Å². The summed E-state index contributed by atoms with van der Waals surface area (Å²) in [5.74, 6) is -1.11. The van der Waals surface area contributed by atoms with Crippen LogP contribution in [0.3, 0.4) is 0 Å². The normalized spacial score (nSPS) is 15.0. The number of carbonyl (C=O) groups excluding carboxylic acids is 2. The summed E-state index contributed by atoms with van der Waals surface area (Å²) in [6.45, 7) is 1.93. The summed E-state index contributed by atoms with van der Waals surface area (Å²) in [6.07, 6.45) is 6.18. The molecule has 1 aliphatic rings. The van der Waals surface area contributed by atoms with E-state index in [4.69, 9.17) is 9.57 Å². The van der Waals surface area contributed by atoms with Gasteiger partial charge in [0.2, 0.25) is 0 Å². The minimum absolute atomic E-state index is 0.0140. The van der Waals surface area contributed by atoms with Gasteiger partial charge in [-0.15, -0.1) is 0 Å². The predicted molar refractivity (Wildman–Crippen MR) is 116 cm³/mol. The van der Waals surface area contributed by atoms with Crippen LogP contribution in [0, 0.1) is 0 Å². The molecule has 1 amide bonds. The molecule has 1 aromatic carbocycles. The van der Waals surface area contributed by atoms with E-state index in [1.165, 1.54) is 30.5 Å². The van der Waals surface area contributed by atoms with E-state index in [1.807, 2.05) is 0 Å². The molecule has 0 aliphatic heterocycles. The number of sulfone groups is 1. The van der Waals surface area contributed by atoms with Crippen molar-refractivity contribution < 1.29 is 27.6 Å². The van der Waals surface area contributed by atoms with Crippen molar-refractivity contribution in [1.29, 1.82) is 0 Å². The second kappa shape index (κ2) is 10.0. The second-order valence-electron chi connectivity index (χ2n) is 6.95. The van der Waals surface area contributed by atoms with E-state index in [1.54, 1.807) is 6.92 Å². The fourth-order valence-corrected chi connectivity index (χ4v) is 4.33. The first-order valence-corrected chi connectivity index (χ1v) is 12.5. The average Bonchev–Trinajstić information content (AvgIpc) is 3.40. The monoisotopic (exact) mass is 465 g/mol. The summed E-state index contributed by atoms with van der Waals surface area (Å²) in [5.41, 5.74) is 0.380. The lowest BCUT2D eigenvalue weighted by atomic mass is 10.1. The van der Waals surface area contributed by atoms with Gasteiger partial charge in [0, 0.05) is 11.8 Å². The molecule has 1 heterocycles. The minimum Gasteiger partial charge on any atom is -0.462 e. The molecule has 9 nitrogen and oxygen atoms in total. The van der Waals surface area contributed by atoms with Gasteiger partial charge in [0.15, 0.2) is 20.7 Å². The van der Waals surface area contributed by atoms with Gasteiger partial charge in [0.05, 0.1) is 17.7 Å². The van der Waals surface area contributed by atoms with E-state index in [0.29, 0.717) is 5.56 Å². The number of nitrogens with one attached hydrogen (secondary N) is 1. The molecule has 2 aromatic rings. The van der Waals surface area contributed by atoms with E-state index in [9.17, 15) is 18.0 Å². The van der Waals surface area contributed by atoms with Crippen molar-refractivity contribution in [2.45, 2.75) is 43.6 Å². The Balaban J connectivity index is 1.82. The number of aromatic nitrogens is 1. The van der Waals surface area contributed by atoms with Crippen LogP contribution in [0.4, 0.5) is 5.13 Å². The molecule has 1 N–H and O–H groups in total. The number of carbonyl (C=O) groups is 2. The largest absolute Gasteiger partial charge is 0.462 e. The highest BCUT2D eigenvalue weighted by atomic mass is 32.2. The lowest BCUT2D eigenvalue weighted by Gasteiger charge is -2.10. The molecule has 3 rings (SSSR count). The number of oxime groups is 1. The van der Waals surface area contributed by atoms with Crippen LogP contribution >= 0.6 is 11.3 Å². The molecule has 1 fully saturated rings. The Labute approximate surface area is 184 Å². The Morgan fingerprint density at radius 2 is 1.90 bits per heavy atom. The van der Waals surface area contributed by atoms with Crippen LogP contribution in [-0.2, 0) is 24.2 Å². The predicted octanol–water partition coefficient (Wildman–Crippen LogP) is 3.03. The van der Waals surface area contributed by atoms with Crippen molar-refractivity contribution in [3.05, 3.63) is 40.9 Å². The van der Waals surface area contributed by atoms with Gasteiger partial charge in [-0.1, -0.05) is 28.6 Å². The molecule has 0 unspecified atom stereocenters. The van der Waals surface area contributed by atoms with Crippen molar-refractivity contribution >= 4 is 43.9 Å². The SMILES string of the molecule is CCOC(=O)c1cnc(NC(=O)C(=NOC2CCCC2)c2ccc(S(C)(=O)=O)cc2)s1. The highest BCUT2D eigenvalue weighted by Crippen LogP contribution is 2.23. The number of thiazole rings is 1. The Morgan fingerprint density at radius 3 is 2.52 bits per heavy atom. The molecule has 0 spiro atoms. The summed E-state index contributed by atoms with van der Waals surface area (Å²) < 4.78 is 28.4. The number of nitrogens with zero attached hydrogens (tertiary/aromatic N) is 2. The standard InChI is InChI=1S/C20H23N3O6S2/c1-3-28-19(25)16-12-21-20(30-16)22-18(24)17(23-29-14-6-4-5-7-14)13-8-10-15(11-9-13)31(2,26)27/h8-12,14H,3-7H2,1-2H3,(H,21,22,24). The van der Waals surface area contributed by atoms with Gasteiger partial charge < -0.3 is 9.57 Å². The first-order chi connectivity index (χ1) is 14.8. The van der Waals surface area contributed by atoms with Crippen LogP contribution in [0.25, 0.3) is 0 Å². The number of ether oxygens (including phenoxy) is 1. The quantitative estimate of drug-likeness (QED) is 0.361. The molecule has 31 heavy (non-hydrogen) atoms. The fraction of sp³-hybridized carbons (Fsp3) is 0.400. The molecule has 166 valence electrons. The van der Waals surface area contributed by atoms with Crippen molar-refractivity contribution in [3.63, 3.8) is 0 Å². The molecule has 1 aliphatic carbocycles. The molecule has 1 saturated carbocycles. The number of hydrogen-bond acceptors (Lipinski definition) is 9. The first-order valence-electron chi connectivity index (χ1n) is 9.76. The lowest BCUT2D eigenvalue weighted by Crippen LogP contribution is -2.25. The molecule has 0 atom stereocenters.